The molecule has 4 heterocycles. The Morgan fingerprint density at radius 1 is 1.35 bits per heavy atom. The van der Waals surface area contributed by atoms with E-state index in [0.717, 1.165) is 12.5 Å². The average molecular weight is 234 g/mol. The number of hydrogen-bond acceptors (Lipinski definition) is 3. The largest absolute Gasteiger partial charge is 0.362 e. The third-order valence-electron chi connectivity index (χ3n) is 5.49. The summed E-state index contributed by atoms with van der Waals surface area (Å²) in [6, 6.07) is 0. The average Bonchev–Trinajstić information content (AvgIpc) is 2.89. The highest BCUT2D eigenvalue weighted by Crippen LogP contribution is 2.50. The minimum Gasteiger partial charge on any atom is -0.362 e. The quantitative estimate of drug-likeness (QED) is 0.637. The Morgan fingerprint density at radius 3 is 2.94 bits per heavy atom. The molecule has 0 aliphatic carbocycles. The van der Waals surface area contributed by atoms with E-state index in [1.165, 1.54) is 38.8 Å². The maximum Gasteiger partial charge on any atom is 0.102 e. The molecule has 3 atom stereocenters. The summed E-state index contributed by atoms with van der Waals surface area (Å²) >= 11 is 0. The highest BCUT2D eigenvalue weighted by molar-refractivity contribution is 5.24. The van der Waals surface area contributed by atoms with Gasteiger partial charge in [-0.25, -0.2) is 0 Å². The van der Waals surface area contributed by atoms with Gasteiger partial charge in [-0.1, -0.05) is 12.2 Å². The fourth-order valence-corrected chi connectivity index (χ4v) is 4.27. The Labute approximate surface area is 103 Å². The van der Waals surface area contributed by atoms with Crippen LogP contribution in [0, 0.1) is 5.92 Å². The highest BCUT2D eigenvalue weighted by Gasteiger charge is 2.56. The fraction of sp³-hybridized carbons (Fsp3) is 0.857. The van der Waals surface area contributed by atoms with E-state index >= 15 is 0 Å². The summed E-state index contributed by atoms with van der Waals surface area (Å²) < 4.78 is 6.13. The topological polar surface area (TPSA) is 24.5 Å². The monoisotopic (exact) mass is 234 g/mol. The van der Waals surface area contributed by atoms with Crippen molar-refractivity contribution in [3.8, 4) is 0 Å². The second kappa shape index (κ2) is 3.34. The first-order valence-electron chi connectivity index (χ1n) is 7.01. The Kier molecular flexibility index (Phi) is 2.07. The van der Waals surface area contributed by atoms with Crippen molar-refractivity contribution in [2.45, 2.75) is 42.9 Å². The van der Waals surface area contributed by atoms with E-state index in [1.807, 2.05) is 0 Å². The molecule has 4 aliphatic rings. The summed E-state index contributed by atoms with van der Waals surface area (Å²) in [5.41, 5.74) is 0.489. The zero-order valence-corrected chi connectivity index (χ0v) is 10.6. The van der Waals surface area contributed by atoms with Crippen LogP contribution in [0.1, 0.15) is 25.7 Å². The third kappa shape index (κ3) is 1.46. The smallest absolute Gasteiger partial charge is 0.102 e. The second-order valence-electron chi connectivity index (χ2n) is 6.54. The van der Waals surface area contributed by atoms with Crippen LogP contribution in [-0.4, -0.2) is 48.8 Å². The zero-order valence-electron chi connectivity index (χ0n) is 10.6. The van der Waals surface area contributed by atoms with Gasteiger partial charge in [-0.15, -0.1) is 0 Å². The van der Waals surface area contributed by atoms with Crippen molar-refractivity contribution in [2.24, 2.45) is 5.92 Å². The Morgan fingerprint density at radius 2 is 2.18 bits per heavy atom. The highest BCUT2D eigenvalue weighted by atomic mass is 16.5. The van der Waals surface area contributed by atoms with Crippen molar-refractivity contribution in [3.05, 3.63) is 12.2 Å². The molecule has 2 spiro atoms. The molecule has 0 amide bonds. The van der Waals surface area contributed by atoms with Gasteiger partial charge in [0.25, 0.3) is 0 Å². The van der Waals surface area contributed by atoms with E-state index in [0.29, 0.717) is 11.6 Å². The van der Waals surface area contributed by atoms with Crippen molar-refractivity contribution < 1.29 is 4.74 Å². The van der Waals surface area contributed by atoms with E-state index in [2.05, 4.69) is 29.4 Å². The molecule has 94 valence electrons. The third-order valence-corrected chi connectivity index (χ3v) is 5.49. The SMILES string of the molecule is CN1CCC2(CC1)CC1CC3C=CC1(CN2)O3. The van der Waals surface area contributed by atoms with Gasteiger partial charge in [0.2, 0.25) is 0 Å². The van der Waals surface area contributed by atoms with Crippen LogP contribution in [0.3, 0.4) is 0 Å². The van der Waals surface area contributed by atoms with Gasteiger partial charge >= 0.3 is 0 Å². The molecule has 0 radical (unpaired) electrons. The molecule has 3 saturated heterocycles. The second-order valence-corrected chi connectivity index (χ2v) is 6.54. The first kappa shape index (κ1) is 10.5. The maximum absolute atomic E-state index is 6.13. The van der Waals surface area contributed by atoms with Gasteiger partial charge in [-0.2, -0.15) is 0 Å². The van der Waals surface area contributed by atoms with Gasteiger partial charge in [0.05, 0.1) is 6.10 Å². The molecular formula is C14H22N2O. The number of rotatable bonds is 0. The molecule has 17 heavy (non-hydrogen) atoms. The molecule has 0 aromatic carbocycles. The van der Waals surface area contributed by atoms with Crippen LogP contribution < -0.4 is 5.32 Å². The summed E-state index contributed by atoms with van der Waals surface area (Å²) in [6.07, 6.45) is 10.2. The molecule has 3 unspecified atom stereocenters. The van der Waals surface area contributed by atoms with Crippen molar-refractivity contribution in [1.82, 2.24) is 10.2 Å². The van der Waals surface area contributed by atoms with Crippen molar-refractivity contribution in [1.29, 1.82) is 0 Å². The van der Waals surface area contributed by atoms with Crippen LogP contribution in [0.5, 0.6) is 0 Å². The van der Waals surface area contributed by atoms with Gasteiger partial charge in [0.1, 0.15) is 5.60 Å². The molecular weight excluding hydrogens is 212 g/mol. The minimum atomic E-state index is 0.0687. The van der Waals surface area contributed by atoms with Crippen LogP contribution in [0.25, 0.3) is 0 Å². The van der Waals surface area contributed by atoms with E-state index < -0.39 is 0 Å². The number of hydrogen-bond donors (Lipinski definition) is 1. The van der Waals surface area contributed by atoms with E-state index in [1.54, 1.807) is 0 Å². The lowest BCUT2D eigenvalue weighted by Gasteiger charge is -2.50. The predicted molar refractivity (Wildman–Crippen MR) is 66.9 cm³/mol. The van der Waals surface area contributed by atoms with E-state index in [-0.39, 0.29) is 5.60 Å². The summed E-state index contributed by atoms with van der Waals surface area (Å²) in [4.78, 5) is 2.45. The number of ether oxygens (including phenoxy) is 1. The van der Waals surface area contributed by atoms with Crippen molar-refractivity contribution in [2.75, 3.05) is 26.7 Å². The van der Waals surface area contributed by atoms with Crippen molar-refractivity contribution >= 4 is 0 Å². The Hall–Kier alpha value is -0.380. The summed E-state index contributed by atoms with van der Waals surface area (Å²) in [5, 5.41) is 3.84. The molecule has 1 N–H and O–H groups in total. The first-order valence-corrected chi connectivity index (χ1v) is 7.01. The molecule has 3 fully saturated rings. The standard InChI is InChI=1S/C14H22N2O/c1-16-6-4-13(5-7-16)9-11-8-12-2-3-14(11,17-12)10-15-13/h2-3,11-12,15H,4-10H2,1H3. The lowest BCUT2D eigenvalue weighted by molar-refractivity contribution is -0.0321. The minimum absolute atomic E-state index is 0.0687. The molecule has 0 saturated carbocycles. The summed E-state index contributed by atoms with van der Waals surface area (Å²) in [6.45, 7) is 3.52. The number of fused-ring (bicyclic) bond motifs is 1. The summed E-state index contributed by atoms with van der Waals surface area (Å²) in [5.74, 6) is 0.766. The number of likely N-dealkylation sites (tertiary alicyclic amines) is 1. The lowest BCUT2D eigenvalue weighted by Crippen LogP contribution is -2.63. The normalized spacial score (nSPS) is 47.6. The van der Waals surface area contributed by atoms with E-state index in [4.69, 9.17) is 4.74 Å². The lowest BCUT2D eigenvalue weighted by atomic mass is 9.68. The number of nitrogens with zero attached hydrogens (tertiary/aromatic N) is 1. The predicted octanol–water partition coefficient (Wildman–Crippen LogP) is 1.16. The molecule has 4 rings (SSSR count). The van der Waals surface area contributed by atoms with Crippen LogP contribution in [0.15, 0.2) is 12.2 Å². The summed E-state index contributed by atoms with van der Waals surface area (Å²) in [7, 11) is 2.24. The van der Waals surface area contributed by atoms with E-state index in [9.17, 15) is 0 Å². The number of piperidine rings is 2. The Bertz CT molecular complexity index is 359. The maximum atomic E-state index is 6.13. The van der Waals surface area contributed by atoms with Crippen LogP contribution in [0.4, 0.5) is 0 Å². The molecule has 3 nitrogen and oxygen atoms in total. The zero-order chi connectivity index (χ0) is 11.5. The fourth-order valence-electron chi connectivity index (χ4n) is 4.27. The van der Waals surface area contributed by atoms with Gasteiger partial charge in [0.15, 0.2) is 0 Å². The molecule has 3 heteroatoms. The Balaban J connectivity index is 1.54. The van der Waals surface area contributed by atoms with Crippen LogP contribution in [0.2, 0.25) is 0 Å². The number of nitrogens with one attached hydrogen (secondary N) is 1. The van der Waals surface area contributed by atoms with Gasteiger partial charge in [-0.3, -0.25) is 0 Å². The van der Waals surface area contributed by atoms with Gasteiger partial charge in [-0.05, 0) is 51.7 Å². The van der Waals surface area contributed by atoms with Crippen LogP contribution in [-0.2, 0) is 4.74 Å². The molecule has 4 aliphatic heterocycles. The first-order chi connectivity index (χ1) is 8.20. The van der Waals surface area contributed by atoms with Crippen LogP contribution >= 0.6 is 0 Å². The molecule has 0 aromatic rings. The van der Waals surface area contributed by atoms with Gasteiger partial charge in [0, 0.05) is 12.1 Å². The van der Waals surface area contributed by atoms with Crippen molar-refractivity contribution in [3.63, 3.8) is 0 Å². The molecule has 2 bridgehead atoms. The molecule has 0 aromatic heterocycles. The van der Waals surface area contributed by atoms with Gasteiger partial charge < -0.3 is 15.0 Å².